The fraction of sp³-hybridized carbons (Fsp3) is 0.600. The van der Waals surface area contributed by atoms with Crippen LogP contribution in [0.5, 0.6) is 0 Å². The van der Waals surface area contributed by atoms with Crippen molar-refractivity contribution in [2.75, 3.05) is 13.1 Å². The number of nitrogens with one attached hydrogen (secondary N) is 1. The highest BCUT2D eigenvalue weighted by molar-refractivity contribution is 9.10. The van der Waals surface area contributed by atoms with Gasteiger partial charge in [-0.1, -0.05) is 6.42 Å². The van der Waals surface area contributed by atoms with Crippen LogP contribution in [-0.2, 0) is 4.79 Å². The first-order valence-corrected chi connectivity index (χ1v) is 8.28. The Labute approximate surface area is 132 Å². The van der Waals surface area contributed by atoms with Crippen LogP contribution >= 0.6 is 15.9 Å². The first kappa shape index (κ1) is 14.6. The molecule has 1 saturated heterocycles. The number of amides is 2. The summed E-state index contributed by atoms with van der Waals surface area (Å²) in [6.45, 7) is 1.48. The number of hydrogen-bond donors (Lipinski definition) is 1. The van der Waals surface area contributed by atoms with Gasteiger partial charge in [0.15, 0.2) is 10.4 Å². The van der Waals surface area contributed by atoms with Gasteiger partial charge in [0, 0.05) is 25.0 Å². The molecule has 0 atom stereocenters. The number of furan rings is 1. The average Bonchev–Trinajstić information content (AvgIpc) is 2.84. The van der Waals surface area contributed by atoms with Crippen molar-refractivity contribution in [2.24, 2.45) is 5.92 Å². The van der Waals surface area contributed by atoms with Crippen LogP contribution in [-0.4, -0.2) is 35.8 Å². The second kappa shape index (κ2) is 6.22. The molecule has 1 aliphatic carbocycles. The molecule has 0 unspecified atom stereocenters. The lowest BCUT2D eigenvalue weighted by Crippen LogP contribution is -2.48. The van der Waals surface area contributed by atoms with Crippen molar-refractivity contribution < 1.29 is 14.0 Å². The van der Waals surface area contributed by atoms with Crippen LogP contribution < -0.4 is 5.32 Å². The molecule has 21 heavy (non-hydrogen) atoms. The van der Waals surface area contributed by atoms with E-state index < -0.39 is 0 Å². The predicted octanol–water partition coefficient (Wildman–Crippen LogP) is 2.56. The number of likely N-dealkylation sites (tertiary alicyclic amines) is 1. The van der Waals surface area contributed by atoms with Crippen LogP contribution in [0.15, 0.2) is 21.2 Å². The molecule has 0 aromatic carbocycles. The van der Waals surface area contributed by atoms with E-state index in [1.54, 1.807) is 12.1 Å². The molecule has 0 bridgehead atoms. The summed E-state index contributed by atoms with van der Waals surface area (Å²) in [7, 11) is 0. The van der Waals surface area contributed by atoms with E-state index in [0.717, 1.165) is 38.8 Å². The van der Waals surface area contributed by atoms with Crippen LogP contribution in [0.25, 0.3) is 0 Å². The third-order valence-corrected chi connectivity index (χ3v) is 4.82. The van der Waals surface area contributed by atoms with Crippen LogP contribution in [0.1, 0.15) is 42.7 Å². The molecule has 1 saturated carbocycles. The smallest absolute Gasteiger partial charge is 0.287 e. The minimum atomic E-state index is -0.190. The summed E-state index contributed by atoms with van der Waals surface area (Å²) >= 11 is 3.18. The van der Waals surface area contributed by atoms with Crippen molar-refractivity contribution in [2.45, 2.75) is 38.1 Å². The van der Waals surface area contributed by atoms with Gasteiger partial charge in [-0.3, -0.25) is 9.59 Å². The second-order valence-electron chi connectivity index (χ2n) is 5.80. The van der Waals surface area contributed by atoms with Crippen molar-refractivity contribution in [3.05, 3.63) is 22.6 Å². The molecule has 1 aliphatic heterocycles. The Balaban J connectivity index is 1.47. The van der Waals surface area contributed by atoms with Crippen molar-refractivity contribution in [3.63, 3.8) is 0 Å². The third kappa shape index (κ3) is 3.31. The molecular formula is C15H19BrN2O3. The Kier molecular flexibility index (Phi) is 4.33. The topological polar surface area (TPSA) is 62.6 Å². The number of carbonyl (C=O) groups excluding carboxylic acids is 2. The lowest BCUT2D eigenvalue weighted by atomic mass is 9.84. The molecular weight excluding hydrogens is 336 g/mol. The predicted molar refractivity (Wildman–Crippen MR) is 80.8 cm³/mol. The van der Waals surface area contributed by atoms with Crippen LogP contribution in [0, 0.1) is 5.92 Å². The summed E-state index contributed by atoms with van der Waals surface area (Å²) in [5, 5.41) is 2.97. The first-order chi connectivity index (χ1) is 10.1. The van der Waals surface area contributed by atoms with Gasteiger partial charge in [0.2, 0.25) is 5.91 Å². The lowest BCUT2D eigenvalue weighted by Gasteiger charge is -2.36. The third-order valence-electron chi connectivity index (χ3n) is 4.39. The average molecular weight is 355 g/mol. The van der Waals surface area contributed by atoms with Gasteiger partial charge in [0.25, 0.3) is 5.91 Å². The second-order valence-corrected chi connectivity index (χ2v) is 6.59. The molecule has 1 aromatic rings. The van der Waals surface area contributed by atoms with Gasteiger partial charge in [-0.2, -0.15) is 0 Å². The minimum absolute atomic E-state index is 0.117. The number of halogens is 1. The largest absolute Gasteiger partial charge is 0.444 e. The maximum atomic E-state index is 12.2. The normalized spacial score (nSPS) is 20.1. The molecule has 2 heterocycles. The number of piperidine rings is 1. The minimum Gasteiger partial charge on any atom is -0.444 e. The maximum Gasteiger partial charge on any atom is 0.287 e. The SMILES string of the molecule is O=C(NC1CCN(C(=O)C2CCC2)CC1)c1ccc(Br)o1. The zero-order valence-electron chi connectivity index (χ0n) is 11.8. The fourth-order valence-electron chi connectivity index (χ4n) is 2.85. The van der Waals surface area contributed by atoms with Crippen molar-refractivity contribution in [3.8, 4) is 0 Å². The van der Waals surface area contributed by atoms with E-state index in [0.29, 0.717) is 16.3 Å². The van der Waals surface area contributed by atoms with Crippen molar-refractivity contribution in [1.29, 1.82) is 0 Å². The fourth-order valence-corrected chi connectivity index (χ4v) is 3.16. The van der Waals surface area contributed by atoms with Gasteiger partial charge < -0.3 is 14.6 Å². The van der Waals surface area contributed by atoms with Gasteiger partial charge in [-0.05, 0) is 53.7 Å². The van der Waals surface area contributed by atoms with E-state index in [9.17, 15) is 9.59 Å². The van der Waals surface area contributed by atoms with E-state index >= 15 is 0 Å². The van der Waals surface area contributed by atoms with E-state index in [-0.39, 0.29) is 17.9 Å². The molecule has 1 N–H and O–H groups in total. The highest BCUT2D eigenvalue weighted by atomic mass is 79.9. The molecule has 2 fully saturated rings. The van der Waals surface area contributed by atoms with Crippen LogP contribution in [0.3, 0.4) is 0 Å². The molecule has 1 aromatic heterocycles. The number of nitrogens with zero attached hydrogens (tertiary/aromatic N) is 1. The highest BCUT2D eigenvalue weighted by Gasteiger charge is 2.32. The summed E-state index contributed by atoms with van der Waals surface area (Å²) < 4.78 is 5.79. The summed E-state index contributed by atoms with van der Waals surface area (Å²) in [4.78, 5) is 26.1. The molecule has 114 valence electrons. The lowest BCUT2D eigenvalue weighted by molar-refractivity contribution is -0.139. The maximum absolute atomic E-state index is 12.2. The Bertz CT molecular complexity index is 531. The Morgan fingerprint density at radius 1 is 1.19 bits per heavy atom. The van der Waals surface area contributed by atoms with E-state index in [1.165, 1.54) is 6.42 Å². The highest BCUT2D eigenvalue weighted by Crippen LogP contribution is 2.29. The summed E-state index contributed by atoms with van der Waals surface area (Å²) in [6, 6.07) is 3.47. The molecule has 0 spiro atoms. The first-order valence-electron chi connectivity index (χ1n) is 7.48. The van der Waals surface area contributed by atoms with Gasteiger partial charge in [-0.25, -0.2) is 0 Å². The zero-order chi connectivity index (χ0) is 14.8. The number of hydrogen-bond acceptors (Lipinski definition) is 3. The number of carbonyl (C=O) groups is 2. The van der Waals surface area contributed by atoms with Crippen molar-refractivity contribution >= 4 is 27.7 Å². The van der Waals surface area contributed by atoms with Crippen LogP contribution in [0.4, 0.5) is 0 Å². The van der Waals surface area contributed by atoms with Crippen LogP contribution in [0.2, 0.25) is 0 Å². The van der Waals surface area contributed by atoms with Gasteiger partial charge >= 0.3 is 0 Å². The van der Waals surface area contributed by atoms with E-state index in [2.05, 4.69) is 21.2 Å². The number of rotatable bonds is 3. The Morgan fingerprint density at radius 3 is 2.43 bits per heavy atom. The molecule has 3 rings (SSSR count). The molecule has 0 radical (unpaired) electrons. The quantitative estimate of drug-likeness (QED) is 0.907. The molecule has 2 amide bonds. The van der Waals surface area contributed by atoms with Gasteiger partial charge in [0.1, 0.15) is 0 Å². The Hall–Kier alpha value is -1.30. The summed E-state index contributed by atoms with van der Waals surface area (Å²) in [6.07, 6.45) is 4.89. The van der Waals surface area contributed by atoms with Crippen molar-refractivity contribution in [1.82, 2.24) is 10.2 Å². The molecule has 2 aliphatic rings. The monoisotopic (exact) mass is 354 g/mol. The van der Waals surface area contributed by atoms with E-state index in [1.807, 2.05) is 4.90 Å². The Morgan fingerprint density at radius 2 is 1.90 bits per heavy atom. The summed E-state index contributed by atoms with van der Waals surface area (Å²) in [5.74, 6) is 0.692. The van der Waals surface area contributed by atoms with E-state index in [4.69, 9.17) is 4.42 Å². The summed E-state index contributed by atoms with van der Waals surface area (Å²) in [5.41, 5.74) is 0. The molecule has 5 nitrogen and oxygen atoms in total. The molecule has 6 heteroatoms. The standard InChI is InChI=1S/C15H19BrN2O3/c16-13-5-4-12(21-13)14(19)17-11-6-8-18(9-7-11)15(20)10-2-1-3-10/h4-5,10-11H,1-3,6-9H2,(H,17,19). The van der Waals surface area contributed by atoms with Gasteiger partial charge in [-0.15, -0.1) is 0 Å². The zero-order valence-corrected chi connectivity index (χ0v) is 13.4. The van der Waals surface area contributed by atoms with Gasteiger partial charge in [0.05, 0.1) is 0 Å².